The smallest absolute Gasteiger partial charge is 0.274 e. The molecule has 4 rings (SSSR count). The van der Waals surface area contributed by atoms with E-state index in [2.05, 4.69) is 36.2 Å². The fourth-order valence-corrected chi connectivity index (χ4v) is 3.60. The zero-order valence-electron chi connectivity index (χ0n) is 17.4. The summed E-state index contributed by atoms with van der Waals surface area (Å²) in [6.07, 6.45) is 1.60. The Morgan fingerprint density at radius 3 is 2.60 bits per heavy atom. The highest BCUT2D eigenvalue weighted by Crippen LogP contribution is 2.30. The summed E-state index contributed by atoms with van der Waals surface area (Å²) in [6.45, 7) is 8.73. The minimum absolute atomic E-state index is 0.175. The standard InChI is InChI=1S/C22H24FN5O2/c1-13-20(29)24-9-10-27(13)21(30)18-12-28-19(25-18)16(22(2,3)4)11-17(26-28)14-5-7-15(23)8-6-14/h5-8,11-13H,9-10H2,1-4H3,(H,24,29)/t13-/m0/s1. The van der Waals surface area contributed by atoms with Crippen LogP contribution in [0.1, 0.15) is 43.7 Å². The average molecular weight is 409 g/mol. The van der Waals surface area contributed by atoms with Gasteiger partial charge < -0.3 is 10.2 Å². The summed E-state index contributed by atoms with van der Waals surface area (Å²) < 4.78 is 14.9. The molecule has 2 aromatic heterocycles. The van der Waals surface area contributed by atoms with Gasteiger partial charge in [0.2, 0.25) is 5.91 Å². The predicted octanol–water partition coefficient (Wildman–Crippen LogP) is 2.79. The van der Waals surface area contributed by atoms with Gasteiger partial charge in [-0.15, -0.1) is 0 Å². The first kappa shape index (κ1) is 20.0. The highest BCUT2D eigenvalue weighted by molar-refractivity contribution is 5.97. The number of aromatic nitrogens is 3. The molecule has 7 nitrogen and oxygen atoms in total. The lowest BCUT2D eigenvalue weighted by Gasteiger charge is -2.32. The molecule has 0 saturated carbocycles. The lowest BCUT2D eigenvalue weighted by atomic mass is 9.87. The van der Waals surface area contributed by atoms with Gasteiger partial charge in [-0.25, -0.2) is 13.9 Å². The van der Waals surface area contributed by atoms with Crippen LogP contribution in [0, 0.1) is 5.82 Å². The summed E-state index contributed by atoms with van der Waals surface area (Å²) in [6, 6.07) is 7.51. The van der Waals surface area contributed by atoms with E-state index in [-0.39, 0.29) is 28.7 Å². The van der Waals surface area contributed by atoms with E-state index >= 15 is 0 Å². The largest absolute Gasteiger partial charge is 0.353 e. The maximum Gasteiger partial charge on any atom is 0.274 e. The van der Waals surface area contributed by atoms with Crippen LogP contribution in [0.15, 0.2) is 36.5 Å². The van der Waals surface area contributed by atoms with E-state index in [0.717, 1.165) is 11.1 Å². The van der Waals surface area contributed by atoms with E-state index in [1.807, 2.05) is 6.07 Å². The lowest BCUT2D eigenvalue weighted by Crippen LogP contribution is -2.55. The Balaban J connectivity index is 1.82. The number of carbonyl (C=O) groups is 2. The normalized spacial score (nSPS) is 17.3. The zero-order chi connectivity index (χ0) is 21.6. The molecule has 3 aromatic rings. The van der Waals surface area contributed by atoms with Gasteiger partial charge >= 0.3 is 0 Å². The molecular formula is C22H24FN5O2. The third-order valence-electron chi connectivity index (χ3n) is 5.35. The molecule has 156 valence electrons. The number of piperazine rings is 1. The van der Waals surface area contributed by atoms with E-state index in [4.69, 9.17) is 0 Å². The number of rotatable bonds is 2. The molecule has 1 N–H and O–H groups in total. The molecule has 0 unspecified atom stereocenters. The Kier molecular flexibility index (Phi) is 4.80. The Morgan fingerprint density at radius 2 is 1.93 bits per heavy atom. The maximum atomic E-state index is 13.3. The fraction of sp³-hybridized carbons (Fsp3) is 0.364. The quantitative estimate of drug-likeness (QED) is 0.706. The SMILES string of the molecule is C[C@H]1C(=O)NCCN1C(=O)c1cn2nc(-c3ccc(F)cc3)cc(C(C)(C)C)c2n1. The Labute approximate surface area is 173 Å². The number of benzene rings is 1. The molecule has 0 bridgehead atoms. The highest BCUT2D eigenvalue weighted by Gasteiger charge is 2.32. The second-order valence-corrected chi connectivity index (χ2v) is 8.56. The van der Waals surface area contributed by atoms with E-state index in [9.17, 15) is 14.0 Å². The zero-order valence-corrected chi connectivity index (χ0v) is 17.4. The number of hydrogen-bond donors (Lipinski definition) is 1. The molecule has 1 aliphatic rings. The van der Waals surface area contributed by atoms with Crippen LogP contribution >= 0.6 is 0 Å². The maximum absolute atomic E-state index is 13.3. The molecular weight excluding hydrogens is 385 g/mol. The minimum atomic E-state index is -0.555. The number of amides is 2. The molecule has 1 aromatic carbocycles. The molecule has 1 fully saturated rings. The first-order valence-electron chi connectivity index (χ1n) is 9.90. The van der Waals surface area contributed by atoms with Gasteiger partial charge in [-0.1, -0.05) is 20.8 Å². The summed E-state index contributed by atoms with van der Waals surface area (Å²) in [5.74, 6) is -0.789. The average Bonchev–Trinajstić information content (AvgIpc) is 3.12. The molecule has 2 amide bonds. The molecule has 1 saturated heterocycles. The summed E-state index contributed by atoms with van der Waals surface area (Å²) in [5, 5.41) is 7.37. The first-order valence-corrected chi connectivity index (χ1v) is 9.90. The van der Waals surface area contributed by atoms with Crippen LogP contribution in [0.4, 0.5) is 4.39 Å². The summed E-state index contributed by atoms with van der Waals surface area (Å²) >= 11 is 0. The van der Waals surface area contributed by atoms with Crippen molar-refractivity contribution in [2.45, 2.75) is 39.2 Å². The number of fused-ring (bicyclic) bond motifs is 1. The molecule has 8 heteroatoms. The van der Waals surface area contributed by atoms with Gasteiger partial charge in [0.05, 0.1) is 11.9 Å². The van der Waals surface area contributed by atoms with Crippen LogP contribution in [0.5, 0.6) is 0 Å². The van der Waals surface area contributed by atoms with Gasteiger partial charge in [0.1, 0.15) is 17.6 Å². The third-order valence-corrected chi connectivity index (χ3v) is 5.35. The van der Waals surface area contributed by atoms with Gasteiger partial charge in [-0.2, -0.15) is 5.10 Å². The van der Waals surface area contributed by atoms with E-state index in [0.29, 0.717) is 24.4 Å². The van der Waals surface area contributed by atoms with Crippen LogP contribution in [0.25, 0.3) is 16.9 Å². The number of nitrogens with zero attached hydrogens (tertiary/aromatic N) is 4. The molecule has 0 radical (unpaired) electrons. The lowest BCUT2D eigenvalue weighted by molar-refractivity contribution is -0.127. The number of halogens is 1. The second-order valence-electron chi connectivity index (χ2n) is 8.56. The number of hydrogen-bond acceptors (Lipinski definition) is 4. The van der Waals surface area contributed by atoms with Crippen molar-refractivity contribution in [2.24, 2.45) is 0 Å². The van der Waals surface area contributed by atoms with E-state index in [1.54, 1.807) is 29.8 Å². The molecule has 0 spiro atoms. The van der Waals surface area contributed by atoms with E-state index < -0.39 is 6.04 Å². The number of nitrogens with one attached hydrogen (secondary N) is 1. The van der Waals surface area contributed by atoms with Crippen molar-refractivity contribution in [2.75, 3.05) is 13.1 Å². The van der Waals surface area contributed by atoms with Crippen molar-refractivity contribution in [3.63, 3.8) is 0 Å². The van der Waals surface area contributed by atoms with Gasteiger partial charge in [0, 0.05) is 24.2 Å². The summed E-state index contributed by atoms with van der Waals surface area (Å²) in [7, 11) is 0. The van der Waals surface area contributed by atoms with Crippen LogP contribution in [-0.2, 0) is 10.2 Å². The van der Waals surface area contributed by atoms with Crippen LogP contribution in [0.3, 0.4) is 0 Å². The van der Waals surface area contributed by atoms with Crippen molar-refractivity contribution >= 4 is 17.5 Å². The molecule has 0 aliphatic carbocycles. The van der Waals surface area contributed by atoms with Gasteiger partial charge in [0.25, 0.3) is 5.91 Å². The topological polar surface area (TPSA) is 79.6 Å². The molecule has 1 atom stereocenters. The molecule has 1 aliphatic heterocycles. The van der Waals surface area contributed by atoms with Crippen molar-refractivity contribution in [3.8, 4) is 11.3 Å². The Bertz CT molecular complexity index is 1130. The highest BCUT2D eigenvalue weighted by atomic mass is 19.1. The van der Waals surface area contributed by atoms with Crippen LogP contribution in [-0.4, -0.2) is 50.4 Å². The number of carbonyl (C=O) groups excluding carboxylic acids is 2. The third kappa shape index (κ3) is 3.53. The molecule has 30 heavy (non-hydrogen) atoms. The van der Waals surface area contributed by atoms with E-state index in [1.165, 1.54) is 17.0 Å². The van der Waals surface area contributed by atoms with Crippen LogP contribution < -0.4 is 5.32 Å². The van der Waals surface area contributed by atoms with Crippen molar-refractivity contribution in [3.05, 3.63) is 53.6 Å². The Morgan fingerprint density at radius 1 is 1.23 bits per heavy atom. The molecule has 3 heterocycles. The first-order chi connectivity index (χ1) is 14.1. The second kappa shape index (κ2) is 7.19. The van der Waals surface area contributed by atoms with Crippen LogP contribution in [0.2, 0.25) is 0 Å². The Hall–Kier alpha value is -3.29. The van der Waals surface area contributed by atoms with Crippen molar-refractivity contribution in [1.29, 1.82) is 0 Å². The van der Waals surface area contributed by atoms with Crippen molar-refractivity contribution < 1.29 is 14.0 Å². The van der Waals surface area contributed by atoms with Gasteiger partial charge in [-0.05, 0) is 42.7 Å². The minimum Gasteiger partial charge on any atom is -0.353 e. The number of imidazole rings is 1. The summed E-state index contributed by atoms with van der Waals surface area (Å²) in [4.78, 5) is 31.1. The van der Waals surface area contributed by atoms with Gasteiger partial charge in [0.15, 0.2) is 5.65 Å². The van der Waals surface area contributed by atoms with Crippen molar-refractivity contribution in [1.82, 2.24) is 24.8 Å². The van der Waals surface area contributed by atoms with Gasteiger partial charge in [-0.3, -0.25) is 9.59 Å². The monoisotopic (exact) mass is 409 g/mol. The summed E-state index contributed by atoms with van der Waals surface area (Å²) in [5.41, 5.74) is 2.92. The predicted molar refractivity (Wildman–Crippen MR) is 111 cm³/mol. The fourth-order valence-electron chi connectivity index (χ4n) is 3.60.